The topological polar surface area (TPSA) is 126 Å². The van der Waals surface area contributed by atoms with Crippen LogP contribution in [0.25, 0.3) is 11.3 Å². The number of aromatic nitrogens is 1. The van der Waals surface area contributed by atoms with Gasteiger partial charge in [0.2, 0.25) is 10.0 Å². The van der Waals surface area contributed by atoms with Crippen LogP contribution in [0.4, 0.5) is 5.69 Å². The Hall–Kier alpha value is -2.67. The van der Waals surface area contributed by atoms with Crippen molar-refractivity contribution in [2.24, 2.45) is 5.92 Å². The Morgan fingerprint density at radius 2 is 1.79 bits per heavy atom. The Morgan fingerprint density at radius 3 is 2.43 bits per heavy atom. The quantitative estimate of drug-likeness (QED) is 0.318. The minimum absolute atomic E-state index is 0.109. The van der Waals surface area contributed by atoms with Gasteiger partial charge in [0.15, 0.2) is 0 Å². The Kier molecular flexibility index (Phi) is 7.44. The van der Waals surface area contributed by atoms with E-state index < -0.39 is 21.2 Å². The SMILES string of the molecule is O=C(NS(=O)(=O)C1CNNC1)c1ccc(N2C[C@@H]3C[C@H]2C[C@H]3OCc2c(-c3c(Cl)cccc3Cl)noc2C2CC2)cc1. The van der Waals surface area contributed by atoms with E-state index in [2.05, 4.69) is 25.6 Å². The summed E-state index contributed by atoms with van der Waals surface area (Å²) < 4.78 is 39.4. The summed E-state index contributed by atoms with van der Waals surface area (Å²) in [6.45, 7) is 1.74. The van der Waals surface area contributed by atoms with Crippen LogP contribution in [0.15, 0.2) is 47.0 Å². The summed E-state index contributed by atoms with van der Waals surface area (Å²) >= 11 is 13.0. The highest BCUT2D eigenvalue weighted by atomic mass is 35.5. The molecule has 0 unspecified atom stereocenters. The summed E-state index contributed by atoms with van der Waals surface area (Å²) in [6.07, 6.45) is 4.18. The Labute approximate surface area is 254 Å². The second-order valence-electron chi connectivity index (χ2n) is 11.5. The number of benzene rings is 2. The zero-order valence-corrected chi connectivity index (χ0v) is 25.0. The number of piperidine rings is 1. The Bertz CT molecular complexity index is 1580. The van der Waals surface area contributed by atoms with Crippen LogP contribution in [-0.4, -0.2) is 56.5 Å². The van der Waals surface area contributed by atoms with E-state index in [4.69, 9.17) is 32.5 Å². The molecule has 42 heavy (non-hydrogen) atoms. The summed E-state index contributed by atoms with van der Waals surface area (Å²) in [5.74, 6) is 0.984. The first-order chi connectivity index (χ1) is 20.3. The van der Waals surface area contributed by atoms with Crippen molar-refractivity contribution in [2.45, 2.75) is 55.6 Å². The lowest BCUT2D eigenvalue weighted by molar-refractivity contribution is 0.0122. The minimum Gasteiger partial charge on any atom is -0.373 e. The number of carbonyl (C=O) groups excluding carboxylic acids is 1. The molecule has 2 aliphatic heterocycles. The molecule has 2 saturated carbocycles. The number of fused-ring (bicyclic) bond motifs is 2. The molecule has 2 aliphatic carbocycles. The third-order valence-electron chi connectivity index (χ3n) is 8.80. The fourth-order valence-corrected chi connectivity index (χ4v) is 8.13. The second kappa shape index (κ2) is 11.1. The van der Waals surface area contributed by atoms with Crippen LogP contribution in [0.3, 0.4) is 0 Å². The highest BCUT2D eigenvalue weighted by Crippen LogP contribution is 2.47. The van der Waals surface area contributed by atoms with Gasteiger partial charge in [0, 0.05) is 59.9 Å². The largest absolute Gasteiger partial charge is 0.373 e. The number of anilines is 1. The standard InChI is InChI=1S/C29H31Cl2N5O5S/c30-23-2-1-3-24(31)26(23)27-22(28(41-34-27)16-4-5-16)15-40-25-11-20-10-18(25)14-36(20)19-8-6-17(7-9-19)29(37)35-42(38,39)21-12-32-33-13-21/h1-3,6-9,16,18,20-21,25,32-33H,4-5,10-15H2,(H,35,37)/t18-,20-,25+/m0/s1. The van der Waals surface area contributed by atoms with Gasteiger partial charge in [-0.1, -0.05) is 34.4 Å². The summed E-state index contributed by atoms with van der Waals surface area (Å²) in [5, 5.41) is 4.74. The smallest absolute Gasteiger partial charge is 0.264 e. The van der Waals surface area contributed by atoms with E-state index in [1.165, 1.54) is 0 Å². The number of halogens is 2. The summed E-state index contributed by atoms with van der Waals surface area (Å²) in [7, 11) is -3.77. The monoisotopic (exact) mass is 631 g/mol. The zero-order valence-electron chi connectivity index (χ0n) is 22.7. The van der Waals surface area contributed by atoms with Crippen molar-refractivity contribution in [2.75, 3.05) is 24.5 Å². The fraction of sp³-hybridized carbons (Fsp3) is 0.448. The Balaban J connectivity index is 0.994. The van der Waals surface area contributed by atoms with Crippen LogP contribution in [-0.2, 0) is 21.4 Å². The maximum atomic E-state index is 12.6. The van der Waals surface area contributed by atoms with Gasteiger partial charge in [0.25, 0.3) is 5.91 Å². The highest BCUT2D eigenvalue weighted by molar-refractivity contribution is 7.90. The maximum absolute atomic E-state index is 12.6. The molecule has 2 aromatic carbocycles. The van der Waals surface area contributed by atoms with Crippen molar-refractivity contribution in [1.82, 2.24) is 20.7 Å². The first-order valence-electron chi connectivity index (χ1n) is 14.2. The number of nitrogens with zero attached hydrogens (tertiary/aromatic N) is 2. The molecule has 13 heteroatoms. The predicted molar refractivity (Wildman–Crippen MR) is 159 cm³/mol. The molecule has 3 N–H and O–H groups in total. The van der Waals surface area contributed by atoms with E-state index in [0.717, 1.165) is 49.2 Å². The van der Waals surface area contributed by atoms with Crippen molar-refractivity contribution in [3.05, 3.63) is 69.4 Å². The molecule has 4 aliphatic rings. The lowest BCUT2D eigenvalue weighted by Crippen LogP contribution is -2.40. The maximum Gasteiger partial charge on any atom is 0.264 e. The molecule has 2 saturated heterocycles. The zero-order chi connectivity index (χ0) is 29.0. The molecular weight excluding hydrogens is 601 g/mol. The number of hydrogen-bond donors (Lipinski definition) is 3. The number of amides is 1. The van der Waals surface area contributed by atoms with E-state index >= 15 is 0 Å². The van der Waals surface area contributed by atoms with Crippen LogP contribution < -0.4 is 20.5 Å². The third kappa shape index (κ3) is 5.31. The number of rotatable bonds is 9. The molecule has 3 heterocycles. The number of carbonyl (C=O) groups is 1. The third-order valence-corrected chi connectivity index (χ3v) is 11.1. The summed E-state index contributed by atoms with van der Waals surface area (Å²) in [6, 6.07) is 12.9. The molecule has 3 aromatic rings. The molecular formula is C29H31Cl2N5O5S. The molecule has 7 rings (SSSR count). The second-order valence-corrected chi connectivity index (χ2v) is 14.3. The fourth-order valence-electron chi connectivity index (χ4n) is 6.40. The number of hydrazine groups is 1. The van der Waals surface area contributed by atoms with E-state index in [1.54, 1.807) is 24.3 Å². The lowest BCUT2D eigenvalue weighted by Gasteiger charge is -2.33. The van der Waals surface area contributed by atoms with Gasteiger partial charge in [0.05, 0.1) is 22.8 Å². The predicted octanol–water partition coefficient (Wildman–Crippen LogP) is 4.25. The van der Waals surface area contributed by atoms with E-state index in [9.17, 15) is 13.2 Å². The van der Waals surface area contributed by atoms with Crippen LogP contribution in [0, 0.1) is 5.92 Å². The highest BCUT2D eigenvalue weighted by Gasteiger charge is 2.46. The Morgan fingerprint density at radius 1 is 1.07 bits per heavy atom. The molecule has 4 fully saturated rings. The summed E-state index contributed by atoms with van der Waals surface area (Å²) in [4.78, 5) is 15.0. The van der Waals surface area contributed by atoms with Gasteiger partial charge < -0.3 is 14.2 Å². The number of hydrogen-bond acceptors (Lipinski definition) is 9. The lowest BCUT2D eigenvalue weighted by atomic mass is 10.0. The van der Waals surface area contributed by atoms with Crippen molar-refractivity contribution in [1.29, 1.82) is 0 Å². The molecule has 3 atom stereocenters. The average Bonchev–Trinajstić information content (AvgIpc) is 3.36. The number of ether oxygens (including phenoxy) is 1. The molecule has 1 aromatic heterocycles. The van der Waals surface area contributed by atoms with Gasteiger partial charge in [-0.3, -0.25) is 15.6 Å². The van der Waals surface area contributed by atoms with Gasteiger partial charge in [-0.15, -0.1) is 0 Å². The van der Waals surface area contributed by atoms with Crippen molar-refractivity contribution in [3.63, 3.8) is 0 Å². The minimum atomic E-state index is -3.77. The average molecular weight is 633 g/mol. The molecule has 222 valence electrons. The van der Waals surface area contributed by atoms with Gasteiger partial charge in [-0.25, -0.2) is 13.1 Å². The van der Waals surface area contributed by atoms with Crippen LogP contribution in [0.5, 0.6) is 0 Å². The molecule has 2 bridgehead atoms. The summed E-state index contributed by atoms with van der Waals surface area (Å²) in [5.41, 5.74) is 9.13. The van der Waals surface area contributed by atoms with Crippen molar-refractivity contribution in [3.8, 4) is 11.3 Å². The number of sulfonamides is 1. The van der Waals surface area contributed by atoms with Crippen LogP contribution >= 0.6 is 23.2 Å². The van der Waals surface area contributed by atoms with Crippen molar-refractivity contribution >= 4 is 44.8 Å². The molecule has 0 radical (unpaired) electrons. The molecule has 0 spiro atoms. The van der Waals surface area contributed by atoms with Crippen LogP contribution in [0.2, 0.25) is 10.0 Å². The molecule has 1 amide bonds. The van der Waals surface area contributed by atoms with Crippen LogP contribution in [0.1, 0.15) is 53.3 Å². The first kappa shape index (κ1) is 28.1. The van der Waals surface area contributed by atoms with Gasteiger partial charge in [-0.05, 0) is 62.1 Å². The number of nitrogens with one attached hydrogen (secondary N) is 3. The van der Waals surface area contributed by atoms with Gasteiger partial charge in [0.1, 0.15) is 16.7 Å². The molecule has 10 nitrogen and oxygen atoms in total. The normalized spacial score (nSPS) is 24.0. The van der Waals surface area contributed by atoms with E-state index in [1.807, 2.05) is 18.2 Å². The van der Waals surface area contributed by atoms with Crippen molar-refractivity contribution < 1.29 is 22.5 Å². The van der Waals surface area contributed by atoms with E-state index in [0.29, 0.717) is 51.4 Å². The van der Waals surface area contributed by atoms with Gasteiger partial charge in [-0.2, -0.15) is 0 Å². The van der Waals surface area contributed by atoms with Gasteiger partial charge >= 0.3 is 0 Å². The van der Waals surface area contributed by atoms with E-state index in [-0.39, 0.29) is 19.2 Å². The first-order valence-corrected chi connectivity index (χ1v) is 16.5.